The zero-order valence-electron chi connectivity index (χ0n) is 13.1. The second kappa shape index (κ2) is 11.2. The van der Waals surface area contributed by atoms with Crippen LogP contribution in [0.5, 0.6) is 0 Å². The Morgan fingerprint density at radius 2 is 1.55 bits per heavy atom. The molecule has 0 amide bonds. The highest BCUT2D eigenvalue weighted by atomic mass is 35.5. The molecule has 0 aliphatic heterocycles. The minimum Gasteiger partial charge on any atom is -0.310 e. The summed E-state index contributed by atoms with van der Waals surface area (Å²) in [5.41, 5.74) is 1.37. The molecular weight excluding hydrogens is 266 g/mol. The zero-order valence-corrected chi connectivity index (χ0v) is 13.9. The van der Waals surface area contributed by atoms with Gasteiger partial charge in [0.25, 0.3) is 0 Å². The van der Waals surface area contributed by atoms with E-state index < -0.39 is 0 Å². The third-order valence-corrected chi connectivity index (χ3v) is 4.01. The van der Waals surface area contributed by atoms with Gasteiger partial charge in [0.15, 0.2) is 0 Å². The fourth-order valence-electron chi connectivity index (χ4n) is 2.53. The Hall–Kier alpha value is -0.530. The van der Waals surface area contributed by atoms with Gasteiger partial charge in [0.1, 0.15) is 0 Å². The number of hydrogen-bond donors (Lipinski definition) is 1. The van der Waals surface area contributed by atoms with Gasteiger partial charge in [-0.2, -0.15) is 0 Å². The molecule has 0 spiro atoms. The van der Waals surface area contributed by atoms with Gasteiger partial charge in [-0.05, 0) is 37.1 Å². The summed E-state index contributed by atoms with van der Waals surface area (Å²) in [5.74, 6) is 0. The first-order chi connectivity index (χ1) is 9.77. The summed E-state index contributed by atoms with van der Waals surface area (Å²) in [4.78, 5) is 0. The molecule has 0 heterocycles. The second-order valence-electron chi connectivity index (χ2n) is 5.61. The SMILES string of the molecule is CCCCCCCCC(NCCC)c1ccc(Cl)cc1. The van der Waals surface area contributed by atoms with Crippen LogP contribution >= 0.6 is 11.6 Å². The van der Waals surface area contributed by atoms with Crippen molar-refractivity contribution in [2.24, 2.45) is 0 Å². The lowest BCUT2D eigenvalue weighted by Crippen LogP contribution is -2.22. The van der Waals surface area contributed by atoms with Crippen molar-refractivity contribution < 1.29 is 0 Å². The Bertz CT molecular complexity index is 334. The quantitative estimate of drug-likeness (QED) is 0.484. The van der Waals surface area contributed by atoms with Gasteiger partial charge >= 0.3 is 0 Å². The van der Waals surface area contributed by atoms with E-state index in [9.17, 15) is 0 Å². The molecule has 0 aliphatic rings. The Morgan fingerprint density at radius 1 is 0.900 bits per heavy atom. The summed E-state index contributed by atoms with van der Waals surface area (Å²) in [7, 11) is 0. The van der Waals surface area contributed by atoms with Crippen LogP contribution in [0, 0.1) is 0 Å². The highest BCUT2D eigenvalue weighted by Crippen LogP contribution is 2.22. The largest absolute Gasteiger partial charge is 0.310 e. The predicted octanol–water partition coefficient (Wildman–Crippen LogP) is 6.13. The summed E-state index contributed by atoms with van der Waals surface area (Å²) in [6.07, 6.45) is 10.6. The lowest BCUT2D eigenvalue weighted by atomic mass is 9.99. The van der Waals surface area contributed by atoms with Crippen LogP contribution in [0.4, 0.5) is 0 Å². The zero-order chi connectivity index (χ0) is 14.6. The van der Waals surface area contributed by atoms with Crippen LogP contribution in [0.3, 0.4) is 0 Å². The number of hydrogen-bond acceptors (Lipinski definition) is 1. The minimum absolute atomic E-state index is 0.485. The topological polar surface area (TPSA) is 12.0 Å². The normalized spacial score (nSPS) is 12.6. The number of halogens is 1. The van der Waals surface area contributed by atoms with Crippen molar-refractivity contribution in [2.75, 3.05) is 6.54 Å². The highest BCUT2D eigenvalue weighted by Gasteiger charge is 2.09. The molecule has 1 aromatic rings. The number of unbranched alkanes of at least 4 members (excludes halogenated alkanes) is 5. The van der Waals surface area contributed by atoms with E-state index in [1.807, 2.05) is 12.1 Å². The van der Waals surface area contributed by atoms with E-state index in [-0.39, 0.29) is 0 Å². The summed E-state index contributed by atoms with van der Waals surface area (Å²) in [6, 6.07) is 8.80. The van der Waals surface area contributed by atoms with Gasteiger partial charge < -0.3 is 5.32 Å². The average Bonchev–Trinajstić information content (AvgIpc) is 2.47. The first-order valence-corrected chi connectivity index (χ1v) is 8.64. The molecule has 1 N–H and O–H groups in total. The third kappa shape index (κ3) is 7.31. The fraction of sp³-hybridized carbons (Fsp3) is 0.667. The van der Waals surface area contributed by atoms with Gasteiger partial charge in [0.2, 0.25) is 0 Å². The van der Waals surface area contributed by atoms with Crippen molar-refractivity contribution in [1.82, 2.24) is 5.32 Å². The van der Waals surface area contributed by atoms with Crippen LogP contribution in [-0.2, 0) is 0 Å². The van der Waals surface area contributed by atoms with E-state index in [4.69, 9.17) is 11.6 Å². The minimum atomic E-state index is 0.485. The van der Waals surface area contributed by atoms with Crippen LogP contribution in [0.15, 0.2) is 24.3 Å². The highest BCUT2D eigenvalue weighted by molar-refractivity contribution is 6.30. The van der Waals surface area contributed by atoms with Gasteiger partial charge in [0.05, 0.1) is 0 Å². The van der Waals surface area contributed by atoms with E-state index in [1.165, 1.54) is 56.9 Å². The van der Waals surface area contributed by atoms with Crippen LogP contribution in [0.1, 0.15) is 76.8 Å². The van der Waals surface area contributed by atoms with Crippen LogP contribution in [-0.4, -0.2) is 6.54 Å². The van der Waals surface area contributed by atoms with Crippen LogP contribution in [0.25, 0.3) is 0 Å². The second-order valence-corrected chi connectivity index (χ2v) is 6.05. The molecule has 1 aromatic carbocycles. The molecule has 0 bridgehead atoms. The van der Waals surface area contributed by atoms with Crippen molar-refractivity contribution in [3.63, 3.8) is 0 Å². The van der Waals surface area contributed by atoms with E-state index in [0.717, 1.165) is 11.6 Å². The maximum atomic E-state index is 5.98. The maximum absolute atomic E-state index is 5.98. The molecule has 0 saturated carbocycles. The van der Waals surface area contributed by atoms with Crippen molar-refractivity contribution in [3.05, 3.63) is 34.9 Å². The number of rotatable bonds is 11. The molecule has 2 heteroatoms. The van der Waals surface area contributed by atoms with Crippen molar-refractivity contribution in [1.29, 1.82) is 0 Å². The summed E-state index contributed by atoms with van der Waals surface area (Å²) in [6.45, 7) is 5.57. The summed E-state index contributed by atoms with van der Waals surface area (Å²) >= 11 is 5.98. The lowest BCUT2D eigenvalue weighted by Gasteiger charge is -2.19. The predicted molar refractivity (Wildman–Crippen MR) is 90.5 cm³/mol. The molecule has 0 aromatic heterocycles. The summed E-state index contributed by atoms with van der Waals surface area (Å²) < 4.78 is 0. The lowest BCUT2D eigenvalue weighted by molar-refractivity contribution is 0.466. The molecule has 0 aliphatic carbocycles. The Morgan fingerprint density at radius 3 is 2.20 bits per heavy atom. The molecule has 1 unspecified atom stereocenters. The Labute approximate surface area is 130 Å². The first-order valence-electron chi connectivity index (χ1n) is 8.26. The molecule has 0 saturated heterocycles. The Kier molecular flexibility index (Phi) is 9.78. The van der Waals surface area contributed by atoms with Gasteiger partial charge in [0, 0.05) is 11.1 Å². The standard InChI is InChI=1S/C18H30ClN/c1-3-5-6-7-8-9-10-18(20-15-4-2)16-11-13-17(19)14-12-16/h11-14,18,20H,3-10,15H2,1-2H3. The molecule has 1 rings (SSSR count). The van der Waals surface area contributed by atoms with Crippen molar-refractivity contribution >= 4 is 11.6 Å². The van der Waals surface area contributed by atoms with E-state index in [2.05, 4.69) is 31.3 Å². The Balaban J connectivity index is 2.37. The molecule has 20 heavy (non-hydrogen) atoms. The van der Waals surface area contributed by atoms with Gasteiger partial charge in [-0.25, -0.2) is 0 Å². The van der Waals surface area contributed by atoms with Crippen molar-refractivity contribution in [2.45, 2.75) is 71.3 Å². The van der Waals surface area contributed by atoms with Crippen molar-refractivity contribution in [3.8, 4) is 0 Å². The molecular formula is C18H30ClN. The summed E-state index contributed by atoms with van der Waals surface area (Å²) in [5, 5.41) is 4.49. The van der Waals surface area contributed by atoms with E-state index in [0.29, 0.717) is 6.04 Å². The fourth-order valence-corrected chi connectivity index (χ4v) is 2.66. The molecule has 0 radical (unpaired) electrons. The average molecular weight is 296 g/mol. The first kappa shape index (κ1) is 17.5. The number of benzene rings is 1. The van der Waals surface area contributed by atoms with Crippen LogP contribution < -0.4 is 5.32 Å². The monoisotopic (exact) mass is 295 g/mol. The smallest absolute Gasteiger partial charge is 0.0406 e. The van der Waals surface area contributed by atoms with Gasteiger partial charge in [-0.1, -0.05) is 76.1 Å². The van der Waals surface area contributed by atoms with Gasteiger partial charge in [-0.15, -0.1) is 0 Å². The number of nitrogens with one attached hydrogen (secondary N) is 1. The molecule has 0 fully saturated rings. The molecule has 1 nitrogen and oxygen atoms in total. The molecule has 114 valence electrons. The molecule has 1 atom stereocenters. The third-order valence-electron chi connectivity index (χ3n) is 3.76. The van der Waals surface area contributed by atoms with E-state index in [1.54, 1.807) is 0 Å². The maximum Gasteiger partial charge on any atom is 0.0406 e. The van der Waals surface area contributed by atoms with Gasteiger partial charge in [-0.3, -0.25) is 0 Å². The van der Waals surface area contributed by atoms with E-state index >= 15 is 0 Å². The van der Waals surface area contributed by atoms with Crippen LogP contribution in [0.2, 0.25) is 5.02 Å².